The third kappa shape index (κ3) is 4.12. The quantitative estimate of drug-likeness (QED) is 0.818. The maximum Gasteiger partial charge on any atom is 0.239 e. The summed E-state index contributed by atoms with van der Waals surface area (Å²) >= 11 is 3.44. The van der Waals surface area contributed by atoms with Crippen molar-refractivity contribution in [2.24, 2.45) is 5.41 Å². The summed E-state index contributed by atoms with van der Waals surface area (Å²) in [6, 6.07) is 5.60. The maximum atomic E-state index is 12.7. The van der Waals surface area contributed by atoms with Gasteiger partial charge in [-0.3, -0.25) is 9.59 Å². The van der Waals surface area contributed by atoms with Crippen LogP contribution in [0.3, 0.4) is 0 Å². The summed E-state index contributed by atoms with van der Waals surface area (Å²) in [6.45, 7) is 8.36. The Morgan fingerprint density at radius 2 is 1.78 bits per heavy atom. The molecule has 0 spiro atoms. The Hall–Kier alpha value is -1.40. The monoisotopic (exact) mass is 381 g/mol. The number of aryl methyl sites for hydroxylation is 1. The van der Waals surface area contributed by atoms with E-state index in [2.05, 4.69) is 26.1 Å². The third-order valence-corrected chi connectivity index (χ3v) is 5.20. The van der Waals surface area contributed by atoms with Crippen molar-refractivity contribution < 1.29 is 9.59 Å². The van der Waals surface area contributed by atoms with E-state index in [-0.39, 0.29) is 11.8 Å². The number of anilines is 1. The molecule has 0 unspecified atom stereocenters. The molecule has 0 atom stereocenters. The summed E-state index contributed by atoms with van der Waals surface area (Å²) in [5, 5.41) is 2.86. The summed E-state index contributed by atoms with van der Waals surface area (Å²) in [5.74, 6) is -0.389. The minimum absolute atomic E-state index is 0.114. The van der Waals surface area contributed by atoms with Crippen LogP contribution in [0.25, 0.3) is 0 Å². The zero-order valence-corrected chi connectivity index (χ0v) is 15.7. The zero-order chi connectivity index (χ0) is 17.2. The lowest BCUT2D eigenvalue weighted by Crippen LogP contribution is -2.53. The van der Waals surface area contributed by atoms with E-state index in [0.717, 1.165) is 23.1 Å². The molecular formula is C17H24BrN3O2. The molecule has 1 aromatic carbocycles. The van der Waals surface area contributed by atoms with Gasteiger partial charge >= 0.3 is 0 Å². The molecule has 1 aliphatic heterocycles. The SMILES string of the molecule is Cc1cc(NC(=O)C(C)(C)C(=O)N2CCN(C)CC2)ccc1Br. The van der Waals surface area contributed by atoms with Gasteiger partial charge in [0.2, 0.25) is 11.8 Å². The number of nitrogens with zero attached hydrogens (tertiary/aromatic N) is 2. The predicted octanol–water partition coefficient (Wildman–Crippen LogP) is 2.50. The fraction of sp³-hybridized carbons (Fsp3) is 0.529. The smallest absolute Gasteiger partial charge is 0.239 e. The van der Waals surface area contributed by atoms with Crippen molar-refractivity contribution in [3.05, 3.63) is 28.2 Å². The largest absolute Gasteiger partial charge is 0.339 e. The number of likely N-dealkylation sites (N-methyl/N-ethyl adjacent to an activating group) is 1. The van der Waals surface area contributed by atoms with Crippen LogP contribution in [0.4, 0.5) is 5.69 Å². The van der Waals surface area contributed by atoms with Crippen molar-refractivity contribution in [2.75, 3.05) is 38.5 Å². The molecule has 6 heteroatoms. The van der Waals surface area contributed by atoms with Gasteiger partial charge in [0, 0.05) is 36.3 Å². The molecule has 1 saturated heterocycles. The molecule has 1 heterocycles. The Morgan fingerprint density at radius 1 is 1.17 bits per heavy atom. The lowest BCUT2D eigenvalue weighted by atomic mass is 9.89. The van der Waals surface area contributed by atoms with Gasteiger partial charge < -0.3 is 15.1 Å². The van der Waals surface area contributed by atoms with E-state index >= 15 is 0 Å². The van der Waals surface area contributed by atoms with Gasteiger partial charge in [0.15, 0.2) is 0 Å². The Balaban J connectivity index is 2.06. The van der Waals surface area contributed by atoms with E-state index in [0.29, 0.717) is 18.8 Å². The molecule has 126 valence electrons. The molecule has 1 fully saturated rings. The van der Waals surface area contributed by atoms with E-state index in [4.69, 9.17) is 0 Å². The zero-order valence-electron chi connectivity index (χ0n) is 14.1. The van der Waals surface area contributed by atoms with Gasteiger partial charge in [-0.25, -0.2) is 0 Å². The van der Waals surface area contributed by atoms with Gasteiger partial charge in [-0.1, -0.05) is 15.9 Å². The number of carbonyl (C=O) groups is 2. The molecule has 0 radical (unpaired) electrons. The molecule has 2 rings (SSSR count). The Kier molecular flexibility index (Phi) is 5.47. The highest BCUT2D eigenvalue weighted by Crippen LogP contribution is 2.25. The number of piperazine rings is 1. The third-order valence-electron chi connectivity index (χ3n) is 4.31. The second-order valence-electron chi connectivity index (χ2n) is 6.64. The van der Waals surface area contributed by atoms with Crippen LogP contribution < -0.4 is 5.32 Å². The number of halogens is 1. The van der Waals surface area contributed by atoms with Crippen molar-refractivity contribution >= 4 is 33.4 Å². The first-order valence-electron chi connectivity index (χ1n) is 7.77. The van der Waals surface area contributed by atoms with Gasteiger partial charge in [0.1, 0.15) is 5.41 Å². The highest BCUT2D eigenvalue weighted by Gasteiger charge is 2.39. The lowest BCUT2D eigenvalue weighted by Gasteiger charge is -2.36. The first-order valence-corrected chi connectivity index (χ1v) is 8.56. The first kappa shape index (κ1) is 17.9. The average molecular weight is 382 g/mol. The fourth-order valence-electron chi connectivity index (χ4n) is 2.51. The van der Waals surface area contributed by atoms with Crippen molar-refractivity contribution in [1.29, 1.82) is 0 Å². The average Bonchev–Trinajstić information content (AvgIpc) is 2.51. The highest BCUT2D eigenvalue weighted by atomic mass is 79.9. The minimum atomic E-state index is -1.09. The Morgan fingerprint density at radius 3 is 2.35 bits per heavy atom. The topological polar surface area (TPSA) is 52.7 Å². The second kappa shape index (κ2) is 7.01. The Labute approximate surface area is 146 Å². The molecule has 23 heavy (non-hydrogen) atoms. The highest BCUT2D eigenvalue weighted by molar-refractivity contribution is 9.10. The van der Waals surface area contributed by atoms with Gasteiger partial charge in [0.05, 0.1) is 0 Å². The van der Waals surface area contributed by atoms with Gasteiger partial charge in [0.25, 0.3) is 0 Å². The van der Waals surface area contributed by atoms with Crippen molar-refractivity contribution in [1.82, 2.24) is 9.80 Å². The molecule has 0 saturated carbocycles. The van der Waals surface area contributed by atoms with E-state index < -0.39 is 5.41 Å². The van der Waals surface area contributed by atoms with E-state index in [1.54, 1.807) is 18.7 Å². The van der Waals surface area contributed by atoms with Crippen molar-refractivity contribution in [3.8, 4) is 0 Å². The van der Waals surface area contributed by atoms with Crippen LogP contribution in [0.2, 0.25) is 0 Å². The summed E-state index contributed by atoms with van der Waals surface area (Å²) < 4.78 is 0.989. The van der Waals surface area contributed by atoms with E-state index in [9.17, 15) is 9.59 Å². The van der Waals surface area contributed by atoms with Crippen LogP contribution in [0.15, 0.2) is 22.7 Å². The standard InChI is InChI=1S/C17H24BrN3O2/c1-12-11-13(5-6-14(12)18)19-15(22)17(2,3)16(23)21-9-7-20(4)8-10-21/h5-6,11H,7-10H2,1-4H3,(H,19,22). The molecule has 0 bridgehead atoms. The summed E-state index contributed by atoms with van der Waals surface area (Å²) in [4.78, 5) is 29.3. The number of amides is 2. The molecule has 2 amide bonds. The van der Waals surface area contributed by atoms with Crippen molar-refractivity contribution in [2.45, 2.75) is 20.8 Å². The van der Waals surface area contributed by atoms with Crippen LogP contribution in [-0.2, 0) is 9.59 Å². The molecule has 5 nitrogen and oxygen atoms in total. The number of nitrogens with one attached hydrogen (secondary N) is 1. The second-order valence-corrected chi connectivity index (χ2v) is 7.49. The van der Waals surface area contributed by atoms with Gasteiger partial charge in [-0.15, -0.1) is 0 Å². The van der Waals surface area contributed by atoms with Gasteiger partial charge in [-0.2, -0.15) is 0 Å². The van der Waals surface area contributed by atoms with E-state index in [1.807, 2.05) is 32.2 Å². The number of hydrogen-bond donors (Lipinski definition) is 1. The summed E-state index contributed by atoms with van der Waals surface area (Å²) in [5.41, 5.74) is 0.651. The first-order chi connectivity index (χ1) is 10.7. The van der Waals surface area contributed by atoms with Crippen LogP contribution in [0, 0.1) is 12.3 Å². The molecule has 0 aromatic heterocycles. The van der Waals surface area contributed by atoms with Crippen molar-refractivity contribution in [3.63, 3.8) is 0 Å². The normalized spacial score (nSPS) is 16.3. The molecule has 1 aromatic rings. The van der Waals surface area contributed by atoms with Crippen LogP contribution >= 0.6 is 15.9 Å². The minimum Gasteiger partial charge on any atom is -0.339 e. The van der Waals surface area contributed by atoms with Gasteiger partial charge in [-0.05, 0) is 51.6 Å². The maximum absolute atomic E-state index is 12.7. The number of hydrogen-bond acceptors (Lipinski definition) is 3. The van der Waals surface area contributed by atoms with Crippen LogP contribution in [0.5, 0.6) is 0 Å². The van der Waals surface area contributed by atoms with Crippen LogP contribution in [0.1, 0.15) is 19.4 Å². The Bertz CT molecular complexity index is 608. The summed E-state index contributed by atoms with van der Waals surface area (Å²) in [7, 11) is 2.04. The molecule has 1 N–H and O–H groups in total. The number of rotatable bonds is 3. The number of carbonyl (C=O) groups excluding carboxylic acids is 2. The number of benzene rings is 1. The lowest BCUT2D eigenvalue weighted by molar-refractivity contribution is -0.147. The molecular weight excluding hydrogens is 358 g/mol. The predicted molar refractivity (Wildman–Crippen MR) is 95.4 cm³/mol. The molecule has 0 aliphatic carbocycles. The fourth-order valence-corrected chi connectivity index (χ4v) is 2.76. The molecule has 1 aliphatic rings. The van der Waals surface area contributed by atoms with E-state index in [1.165, 1.54) is 0 Å². The van der Waals surface area contributed by atoms with Crippen LogP contribution in [-0.4, -0.2) is 54.8 Å². The summed E-state index contributed by atoms with van der Waals surface area (Å²) in [6.07, 6.45) is 0.